The molecule has 39 heavy (non-hydrogen) atoms. The molecule has 0 aliphatic heterocycles. The quantitative estimate of drug-likeness (QED) is 0.154. The molecule has 0 bridgehead atoms. The van der Waals surface area contributed by atoms with Gasteiger partial charge < -0.3 is 25.8 Å². The van der Waals surface area contributed by atoms with E-state index in [1.165, 1.54) is 18.2 Å². The van der Waals surface area contributed by atoms with E-state index in [9.17, 15) is 25.0 Å². The molecule has 204 valence electrons. The Hall–Kier alpha value is -5.13. The van der Waals surface area contributed by atoms with Gasteiger partial charge in [0.15, 0.2) is 5.69 Å². The molecule has 3 aromatic carbocycles. The van der Waals surface area contributed by atoms with Crippen LogP contribution in [0.15, 0.2) is 71.8 Å². The van der Waals surface area contributed by atoms with Gasteiger partial charge in [0.05, 0.1) is 17.0 Å². The van der Waals surface area contributed by atoms with Gasteiger partial charge in [-0.15, -0.1) is 0 Å². The van der Waals surface area contributed by atoms with Crippen LogP contribution in [0.5, 0.6) is 11.5 Å². The third-order valence-electron chi connectivity index (χ3n) is 6.04. The third kappa shape index (κ3) is 7.44. The summed E-state index contributed by atoms with van der Waals surface area (Å²) in [6, 6.07) is 15.9. The zero-order valence-electron chi connectivity index (χ0n) is 21.7. The van der Waals surface area contributed by atoms with E-state index in [-0.39, 0.29) is 48.0 Å². The van der Waals surface area contributed by atoms with Crippen molar-refractivity contribution in [2.75, 3.05) is 30.8 Å². The van der Waals surface area contributed by atoms with Crippen molar-refractivity contribution in [3.63, 3.8) is 0 Å². The first-order chi connectivity index (χ1) is 18.6. The smallest absolute Gasteiger partial charge is 0.296 e. The molecule has 0 fully saturated rings. The van der Waals surface area contributed by atoms with Gasteiger partial charge in [0.2, 0.25) is 5.91 Å². The van der Waals surface area contributed by atoms with Gasteiger partial charge in [-0.1, -0.05) is 29.3 Å². The number of nitrogens with zero attached hydrogens (tertiary/aromatic N) is 2. The maximum Gasteiger partial charge on any atom is 0.296 e. The van der Waals surface area contributed by atoms with Gasteiger partial charge in [-0.05, 0) is 49.7 Å². The van der Waals surface area contributed by atoms with Crippen LogP contribution < -0.4 is 25.8 Å². The number of para-hydroxylation sites is 1. The number of hydrogen-bond acceptors (Lipinski definition) is 9. The Balaban J connectivity index is 1.73. The summed E-state index contributed by atoms with van der Waals surface area (Å²) >= 11 is 0. The summed E-state index contributed by atoms with van der Waals surface area (Å²) in [4.78, 5) is 33.4. The minimum atomic E-state index is -0.759. The molecule has 0 saturated heterocycles. The summed E-state index contributed by atoms with van der Waals surface area (Å²) in [7, 11) is 1.58. The highest BCUT2D eigenvalue weighted by molar-refractivity contribution is 5.94. The van der Waals surface area contributed by atoms with Crippen molar-refractivity contribution in [3.8, 4) is 11.5 Å². The molecular formula is C27H29N5O7. The van der Waals surface area contributed by atoms with Crippen molar-refractivity contribution in [2.45, 2.75) is 20.5 Å². The molecule has 0 aromatic heterocycles. The van der Waals surface area contributed by atoms with Crippen LogP contribution >= 0.6 is 0 Å². The van der Waals surface area contributed by atoms with Gasteiger partial charge in [0, 0.05) is 30.8 Å². The molecule has 3 aromatic rings. The highest BCUT2D eigenvalue weighted by Gasteiger charge is 2.19. The molecule has 0 unspecified atom stereocenters. The molecule has 4 N–H and O–H groups in total. The average molecular weight is 536 g/mol. The second-order valence-corrected chi connectivity index (χ2v) is 8.67. The number of ether oxygens (including phenoxy) is 2. The third-order valence-corrected chi connectivity index (χ3v) is 6.04. The lowest BCUT2D eigenvalue weighted by molar-refractivity contribution is -0.384. The number of nitro benzene ring substituents is 2. The standard InChI is InChI=1S/C27H29N5O7/c1-17(14-29-22-12-9-20(27(28)33)13-24(22)32(36)37)18(2)15-30-26-23(31(34)35)5-4-6-25(26)39-16-19-7-10-21(38-3)11-8-19/h4-13,29-30H,14-16H2,1-3H3,(H2,28,33). The highest BCUT2D eigenvalue weighted by Crippen LogP contribution is 2.35. The molecule has 1 amide bonds. The van der Waals surface area contributed by atoms with E-state index in [1.807, 2.05) is 26.0 Å². The number of amides is 1. The summed E-state index contributed by atoms with van der Waals surface area (Å²) in [6.45, 7) is 4.42. The van der Waals surface area contributed by atoms with E-state index in [4.69, 9.17) is 15.2 Å². The average Bonchev–Trinajstić information content (AvgIpc) is 2.93. The van der Waals surface area contributed by atoms with Crippen LogP contribution in [0.3, 0.4) is 0 Å². The number of nitrogens with two attached hydrogens (primary N) is 1. The lowest BCUT2D eigenvalue weighted by atomic mass is 10.1. The lowest BCUT2D eigenvalue weighted by Crippen LogP contribution is -2.13. The topological polar surface area (TPSA) is 172 Å². The van der Waals surface area contributed by atoms with Gasteiger partial charge in [-0.25, -0.2) is 0 Å². The van der Waals surface area contributed by atoms with Crippen molar-refractivity contribution in [2.24, 2.45) is 5.73 Å². The van der Waals surface area contributed by atoms with E-state index in [2.05, 4.69) is 10.6 Å². The maximum absolute atomic E-state index is 11.7. The Morgan fingerprint density at radius 3 is 2.13 bits per heavy atom. The van der Waals surface area contributed by atoms with Gasteiger partial charge in [-0.2, -0.15) is 0 Å². The lowest BCUT2D eigenvalue weighted by Gasteiger charge is -2.16. The predicted molar refractivity (Wildman–Crippen MR) is 147 cm³/mol. The maximum atomic E-state index is 11.7. The predicted octanol–water partition coefficient (Wildman–Crippen LogP) is 5.05. The summed E-state index contributed by atoms with van der Waals surface area (Å²) in [6.07, 6.45) is 0. The fourth-order valence-corrected chi connectivity index (χ4v) is 3.59. The molecule has 0 aliphatic rings. The zero-order chi connectivity index (χ0) is 28.5. The van der Waals surface area contributed by atoms with Crippen molar-refractivity contribution >= 4 is 28.7 Å². The molecule has 3 rings (SSSR count). The number of nitro groups is 2. The van der Waals surface area contributed by atoms with Crippen molar-refractivity contribution in [1.82, 2.24) is 0 Å². The van der Waals surface area contributed by atoms with Crippen LogP contribution in [0.2, 0.25) is 0 Å². The molecule has 0 saturated carbocycles. The van der Waals surface area contributed by atoms with E-state index in [0.29, 0.717) is 11.5 Å². The Labute approximate surface area is 224 Å². The van der Waals surface area contributed by atoms with Gasteiger partial charge in [0.1, 0.15) is 23.8 Å². The van der Waals surface area contributed by atoms with Gasteiger partial charge in [-0.3, -0.25) is 25.0 Å². The number of rotatable bonds is 13. The van der Waals surface area contributed by atoms with Crippen LogP contribution in [0.4, 0.5) is 22.7 Å². The number of carbonyl (C=O) groups excluding carboxylic acids is 1. The Morgan fingerprint density at radius 1 is 0.897 bits per heavy atom. The first-order valence-electron chi connectivity index (χ1n) is 11.8. The van der Waals surface area contributed by atoms with Crippen LogP contribution in [0.25, 0.3) is 0 Å². The molecule has 12 nitrogen and oxygen atoms in total. The number of nitrogens with one attached hydrogen (secondary N) is 2. The van der Waals surface area contributed by atoms with E-state index >= 15 is 0 Å². The summed E-state index contributed by atoms with van der Waals surface area (Å²) in [5.74, 6) is 0.277. The van der Waals surface area contributed by atoms with E-state index < -0.39 is 15.8 Å². The Bertz CT molecular complexity index is 1400. The van der Waals surface area contributed by atoms with Crippen LogP contribution in [0, 0.1) is 20.2 Å². The summed E-state index contributed by atoms with van der Waals surface area (Å²) in [5.41, 5.74) is 7.92. The Morgan fingerprint density at radius 2 is 1.54 bits per heavy atom. The largest absolute Gasteiger partial charge is 0.497 e. The van der Waals surface area contributed by atoms with Crippen molar-refractivity contribution in [3.05, 3.63) is 103 Å². The molecule has 0 atom stereocenters. The van der Waals surface area contributed by atoms with Crippen molar-refractivity contribution in [1.29, 1.82) is 0 Å². The first-order valence-corrected chi connectivity index (χ1v) is 11.8. The number of carbonyl (C=O) groups is 1. The van der Waals surface area contributed by atoms with Gasteiger partial charge in [0.25, 0.3) is 11.4 Å². The molecule has 0 heterocycles. The monoisotopic (exact) mass is 535 g/mol. The fourth-order valence-electron chi connectivity index (χ4n) is 3.59. The molecular weight excluding hydrogens is 506 g/mol. The second kappa shape index (κ2) is 12.9. The molecule has 0 spiro atoms. The zero-order valence-corrected chi connectivity index (χ0v) is 21.7. The number of benzene rings is 3. The van der Waals surface area contributed by atoms with Crippen LogP contribution in [-0.4, -0.2) is 36.0 Å². The summed E-state index contributed by atoms with van der Waals surface area (Å²) in [5, 5.41) is 29.3. The number of methoxy groups -OCH3 is 1. The van der Waals surface area contributed by atoms with Crippen molar-refractivity contribution < 1.29 is 24.1 Å². The minimum absolute atomic E-state index is 0.0364. The first kappa shape index (κ1) is 28.4. The fraction of sp³-hybridized carbons (Fsp3) is 0.222. The highest BCUT2D eigenvalue weighted by atomic mass is 16.6. The molecule has 12 heteroatoms. The Kier molecular flexibility index (Phi) is 9.41. The number of anilines is 2. The number of primary amides is 1. The van der Waals surface area contributed by atoms with E-state index in [1.54, 1.807) is 31.4 Å². The second-order valence-electron chi connectivity index (χ2n) is 8.67. The van der Waals surface area contributed by atoms with Crippen LogP contribution in [-0.2, 0) is 6.61 Å². The molecule has 0 radical (unpaired) electrons. The SMILES string of the molecule is COc1ccc(COc2cccc([N+](=O)[O-])c2NCC(C)=C(C)CNc2ccc(C(N)=O)cc2[N+](=O)[O-])cc1. The molecule has 0 aliphatic carbocycles. The van der Waals surface area contributed by atoms with Gasteiger partial charge >= 0.3 is 0 Å². The minimum Gasteiger partial charge on any atom is -0.497 e. The number of hydrogen-bond donors (Lipinski definition) is 3. The van der Waals surface area contributed by atoms with E-state index in [0.717, 1.165) is 22.8 Å². The summed E-state index contributed by atoms with van der Waals surface area (Å²) < 4.78 is 11.1. The normalized spacial score (nSPS) is 11.3. The van der Waals surface area contributed by atoms with Crippen LogP contribution in [0.1, 0.15) is 29.8 Å².